The van der Waals surface area contributed by atoms with Crippen molar-refractivity contribution in [2.24, 2.45) is 4.99 Å². The molecule has 0 unspecified atom stereocenters. The van der Waals surface area contributed by atoms with E-state index in [-0.39, 0.29) is 0 Å². The van der Waals surface area contributed by atoms with Crippen molar-refractivity contribution < 1.29 is 0 Å². The second-order valence-electron chi connectivity index (χ2n) is 2.83. The smallest absolute Gasteiger partial charge is 0.194 e. The molecular formula is C7H13N3. The number of hydrogen-bond acceptors (Lipinski definition) is 3. The molecule has 0 amide bonds. The number of guanidine groups is 1. The van der Waals surface area contributed by atoms with Crippen LogP contribution in [0.25, 0.3) is 0 Å². The predicted molar refractivity (Wildman–Crippen MR) is 41.1 cm³/mol. The molecule has 0 bridgehead atoms. The van der Waals surface area contributed by atoms with Crippen molar-refractivity contribution in [3.63, 3.8) is 0 Å². The highest BCUT2D eigenvalue weighted by Crippen LogP contribution is 2.05. The molecule has 3 nitrogen and oxygen atoms in total. The van der Waals surface area contributed by atoms with Gasteiger partial charge in [-0.15, -0.1) is 0 Å². The zero-order chi connectivity index (χ0) is 6.81. The number of aliphatic imine (C=N–C) groups is 1. The molecule has 2 aliphatic rings. The first-order chi connectivity index (χ1) is 4.97. The van der Waals surface area contributed by atoms with Gasteiger partial charge in [-0.05, 0) is 12.8 Å². The van der Waals surface area contributed by atoms with E-state index < -0.39 is 0 Å². The van der Waals surface area contributed by atoms with Crippen LogP contribution in [0.3, 0.4) is 0 Å². The van der Waals surface area contributed by atoms with Gasteiger partial charge >= 0.3 is 0 Å². The lowest BCUT2D eigenvalue weighted by Gasteiger charge is -2.16. The molecule has 0 aromatic rings. The Balaban J connectivity index is 2.06. The lowest BCUT2D eigenvalue weighted by molar-refractivity contribution is 0.449. The maximum Gasteiger partial charge on any atom is 0.194 e. The van der Waals surface area contributed by atoms with Crippen LogP contribution in [0.15, 0.2) is 4.99 Å². The van der Waals surface area contributed by atoms with Gasteiger partial charge in [0, 0.05) is 19.6 Å². The average Bonchev–Trinajstić information content (AvgIpc) is 2.28. The normalized spacial score (nSPS) is 24.8. The fourth-order valence-electron chi connectivity index (χ4n) is 1.50. The number of nitrogens with one attached hydrogen (secondary N) is 1. The molecule has 2 heterocycles. The Morgan fingerprint density at radius 3 is 3.30 bits per heavy atom. The van der Waals surface area contributed by atoms with E-state index in [0.717, 1.165) is 25.6 Å². The summed E-state index contributed by atoms with van der Waals surface area (Å²) in [6, 6.07) is 0. The molecule has 0 aliphatic carbocycles. The van der Waals surface area contributed by atoms with E-state index in [9.17, 15) is 0 Å². The number of hydrogen-bond donors (Lipinski definition) is 1. The van der Waals surface area contributed by atoms with E-state index in [4.69, 9.17) is 0 Å². The summed E-state index contributed by atoms with van der Waals surface area (Å²) in [5.41, 5.74) is 0. The van der Waals surface area contributed by atoms with Crippen molar-refractivity contribution in [1.82, 2.24) is 10.2 Å². The quantitative estimate of drug-likeness (QED) is 0.513. The van der Waals surface area contributed by atoms with Gasteiger partial charge in [0.15, 0.2) is 5.96 Å². The van der Waals surface area contributed by atoms with Crippen molar-refractivity contribution >= 4 is 5.96 Å². The molecule has 1 N–H and O–H groups in total. The fraction of sp³-hybridized carbons (Fsp3) is 0.857. The maximum absolute atomic E-state index is 4.35. The van der Waals surface area contributed by atoms with Crippen LogP contribution in [-0.2, 0) is 0 Å². The van der Waals surface area contributed by atoms with Crippen LogP contribution in [0, 0.1) is 0 Å². The zero-order valence-corrected chi connectivity index (χ0v) is 6.14. The van der Waals surface area contributed by atoms with Gasteiger partial charge in [-0.25, -0.2) is 0 Å². The molecule has 2 rings (SSSR count). The van der Waals surface area contributed by atoms with Crippen molar-refractivity contribution in [3.8, 4) is 0 Å². The molecule has 0 saturated carbocycles. The molecule has 0 spiro atoms. The molecule has 3 heteroatoms. The van der Waals surface area contributed by atoms with Gasteiger partial charge in [0.2, 0.25) is 0 Å². The number of rotatable bonds is 0. The number of nitrogens with zero attached hydrogens (tertiary/aromatic N) is 2. The van der Waals surface area contributed by atoms with Crippen molar-refractivity contribution in [2.45, 2.75) is 12.8 Å². The molecule has 0 radical (unpaired) electrons. The van der Waals surface area contributed by atoms with Crippen LogP contribution < -0.4 is 5.32 Å². The summed E-state index contributed by atoms with van der Waals surface area (Å²) >= 11 is 0. The first-order valence-electron chi connectivity index (χ1n) is 4.00. The predicted octanol–water partition coefficient (Wildman–Crippen LogP) is 0.0414. The molecule has 56 valence electrons. The molecular weight excluding hydrogens is 126 g/mol. The summed E-state index contributed by atoms with van der Waals surface area (Å²) in [5.74, 6) is 1.14. The fourth-order valence-corrected chi connectivity index (χ4v) is 1.50. The minimum Gasteiger partial charge on any atom is -0.356 e. The standard InChI is InChI=1S/C7H13N3/c1-2-5-10-6-4-9-7(10)8-3-1/h1-6H2,(H,8,9). The van der Waals surface area contributed by atoms with Gasteiger partial charge in [-0.1, -0.05) is 0 Å². The molecule has 10 heavy (non-hydrogen) atoms. The molecule has 2 aliphatic heterocycles. The Kier molecular flexibility index (Phi) is 1.49. The largest absolute Gasteiger partial charge is 0.356 e. The summed E-state index contributed by atoms with van der Waals surface area (Å²) in [6.45, 7) is 4.42. The zero-order valence-electron chi connectivity index (χ0n) is 6.14. The van der Waals surface area contributed by atoms with Crippen LogP contribution >= 0.6 is 0 Å². The van der Waals surface area contributed by atoms with E-state index >= 15 is 0 Å². The maximum atomic E-state index is 4.35. The van der Waals surface area contributed by atoms with E-state index in [1.165, 1.54) is 19.4 Å². The van der Waals surface area contributed by atoms with E-state index in [1.54, 1.807) is 0 Å². The molecule has 0 aromatic carbocycles. The summed E-state index contributed by atoms with van der Waals surface area (Å²) < 4.78 is 0. The Bertz CT molecular complexity index is 153. The van der Waals surface area contributed by atoms with Gasteiger partial charge in [-0.3, -0.25) is 4.99 Å². The Morgan fingerprint density at radius 2 is 2.30 bits per heavy atom. The highest BCUT2D eigenvalue weighted by atomic mass is 15.3. The monoisotopic (exact) mass is 139 g/mol. The highest BCUT2D eigenvalue weighted by Gasteiger charge is 2.17. The summed E-state index contributed by atoms with van der Waals surface area (Å²) in [6.07, 6.45) is 2.60. The lowest BCUT2D eigenvalue weighted by Crippen LogP contribution is -2.36. The van der Waals surface area contributed by atoms with Crippen LogP contribution in [0.4, 0.5) is 0 Å². The Labute approximate surface area is 61.1 Å². The van der Waals surface area contributed by atoms with Crippen LogP contribution in [-0.4, -0.2) is 37.0 Å². The molecule has 0 atom stereocenters. The summed E-state index contributed by atoms with van der Waals surface area (Å²) in [7, 11) is 0. The SMILES string of the molecule is C1CCN2CCN=C2NC1. The summed E-state index contributed by atoms with van der Waals surface area (Å²) in [5, 5.41) is 3.32. The third-order valence-electron chi connectivity index (χ3n) is 2.07. The van der Waals surface area contributed by atoms with Gasteiger partial charge < -0.3 is 10.2 Å². The topological polar surface area (TPSA) is 27.6 Å². The molecule has 1 fully saturated rings. The van der Waals surface area contributed by atoms with E-state index in [0.29, 0.717) is 0 Å². The Morgan fingerprint density at radius 1 is 1.30 bits per heavy atom. The van der Waals surface area contributed by atoms with Crippen molar-refractivity contribution in [3.05, 3.63) is 0 Å². The summed E-state index contributed by atoms with van der Waals surface area (Å²) in [4.78, 5) is 6.69. The average molecular weight is 139 g/mol. The molecule has 0 aromatic heterocycles. The van der Waals surface area contributed by atoms with E-state index in [1.807, 2.05) is 0 Å². The minimum absolute atomic E-state index is 0.988. The lowest BCUT2D eigenvalue weighted by atomic mass is 10.3. The van der Waals surface area contributed by atoms with Gasteiger partial charge in [0.25, 0.3) is 0 Å². The third kappa shape index (κ3) is 0.958. The third-order valence-corrected chi connectivity index (χ3v) is 2.07. The first-order valence-corrected chi connectivity index (χ1v) is 4.00. The highest BCUT2D eigenvalue weighted by molar-refractivity contribution is 5.81. The first kappa shape index (κ1) is 6.01. The molecule has 1 saturated heterocycles. The number of fused-ring (bicyclic) bond motifs is 1. The second kappa shape index (κ2) is 2.48. The van der Waals surface area contributed by atoms with E-state index in [2.05, 4.69) is 15.2 Å². The van der Waals surface area contributed by atoms with Crippen LogP contribution in [0.5, 0.6) is 0 Å². The minimum atomic E-state index is 0.988. The Hall–Kier alpha value is -0.730. The second-order valence-corrected chi connectivity index (χ2v) is 2.83. The van der Waals surface area contributed by atoms with Crippen LogP contribution in [0.1, 0.15) is 12.8 Å². The van der Waals surface area contributed by atoms with Crippen LogP contribution in [0.2, 0.25) is 0 Å². The van der Waals surface area contributed by atoms with Gasteiger partial charge in [0.1, 0.15) is 0 Å². The van der Waals surface area contributed by atoms with Crippen molar-refractivity contribution in [1.29, 1.82) is 0 Å². The van der Waals surface area contributed by atoms with Gasteiger partial charge in [-0.2, -0.15) is 0 Å². The van der Waals surface area contributed by atoms with Gasteiger partial charge in [0.05, 0.1) is 6.54 Å². The van der Waals surface area contributed by atoms with Crippen molar-refractivity contribution in [2.75, 3.05) is 26.2 Å².